The standard InChI is InChI=1S/C19H30N2/c1-4-5-6-18-15-17(13-14-20-18)8-7-16-9-11-19(12-10-16)21(2)3/h7-12,17-18,20H,4-6,13-15H2,1-3H3. The Labute approximate surface area is 130 Å². The lowest BCUT2D eigenvalue weighted by Crippen LogP contribution is -2.37. The molecule has 1 heterocycles. The number of allylic oxidation sites excluding steroid dienone is 1. The fourth-order valence-electron chi connectivity index (χ4n) is 3.02. The maximum Gasteiger partial charge on any atom is 0.0361 e. The van der Waals surface area contributed by atoms with Crippen molar-refractivity contribution in [1.82, 2.24) is 5.32 Å². The van der Waals surface area contributed by atoms with Crippen LogP contribution in [0, 0.1) is 5.92 Å². The van der Waals surface area contributed by atoms with Gasteiger partial charge in [-0.25, -0.2) is 0 Å². The molecular weight excluding hydrogens is 256 g/mol. The molecule has 1 N–H and O–H groups in total. The molecule has 1 aliphatic heterocycles. The lowest BCUT2D eigenvalue weighted by atomic mass is 9.89. The Balaban J connectivity index is 1.87. The summed E-state index contributed by atoms with van der Waals surface area (Å²) >= 11 is 0. The molecule has 1 fully saturated rings. The average molecular weight is 286 g/mol. The van der Waals surface area contributed by atoms with E-state index in [0.29, 0.717) is 0 Å². The number of benzene rings is 1. The summed E-state index contributed by atoms with van der Waals surface area (Å²) in [4.78, 5) is 2.14. The fraction of sp³-hybridized carbons (Fsp3) is 0.579. The molecular formula is C19H30N2. The third kappa shape index (κ3) is 5.20. The molecule has 0 saturated carbocycles. The lowest BCUT2D eigenvalue weighted by molar-refractivity contribution is 0.325. The number of anilines is 1. The second kappa shape index (κ2) is 8.23. The molecule has 0 aliphatic carbocycles. The van der Waals surface area contributed by atoms with Crippen molar-refractivity contribution in [3.05, 3.63) is 35.9 Å². The smallest absolute Gasteiger partial charge is 0.0361 e. The van der Waals surface area contributed by atoms with Crippen LogP contribution in [0.4, 0.5) is 5.69 Å². The van der Waals surface area contributed by atoms with Gasteiger partial charge in [-0.15, -0.1) is 0 Å². The first-order valence-corrected chi connectivity index (χ1v) is 8.38. The normalized spacial score (nSPS) is 22.6. The summed E-state index contributed by atoms with van der Waals surface area (Å²) in [5, 5.41) is 3.66. The second-order valence-electron chi connectivity index (χ2n) is 6.42. The predicted molar refractivity (Wildman–Crippen MR) is 93.8 cm³/mol. The predicted octanol–water partition coefficient (Wildman–Crippen LogP) is 4.32. The second-order valence-corrected chi connectivity index (χ2v) is 6.42. The van der Waals surface area contributed by atoms with Crippen LogP contribution >= 0.6 is 0 Å². The molecule has 2 unspecified atom stereocenters. The summed E-state index contributed by atoms with van der Waals surface area (Å²) in [6.07, 6.45) is 11.3. The maximum atomic E-state index is 3.66. The van der Waals surface area contributed by atoms with E-state index in [1.54, 1.807) is 0 Å². The van der Waals surface area contributed by atoms with Crippen LogP contribution in [0.2, 0.25) is 0 Å². The molecule has 0 bridgehead atoms. The van der Waals surface area contributed by atoms with Gasteiger partial charge >= 0.3 is 0 Å². The van der Waals surface area contributed by atoms with E-state index in [9.17, 15) is 0 Å². The molecule has 0 amide bonds. The van der Waals surface area contributed by atoms with Crippen molar-refractivity contribution in [1.29, 1.82) is 0 Å². The molecule has 0 radical (unpaired) electrons. The van der Waals surface area contributed by atoms with E-state index < -0.39 is 0 Å². The van der Waals surface area contributed by atoms with E-state index in [4.69, 9.17) is 0 Å². The highest BCUT2D eigenvalue weighted by Crippen LogP contribution is 2.22. The van der Waals surface area contributed by atoms with Gasteiger partial charge in [0.1, 0.15) is 0 Å². The Morgan fingerprint density at radius 1 is 1.24 bits per heavy atom. The van der Waals surface area contributed by atoms with E-state index in [1.165, 1.54) is 49.9 Å². The quantitative estimate of drug-likeness (QED) is 0.837. The van der Waals surface area contributed by atoms with Gasteiger partial charge in [-0.2, -0.15) is 0 Å². The van der Waals surface area contributed by atoms with E-state index in [2.05, 4.69) is 67.7 Å². The molecule has 2 nitrogen and oxygen atoms in total. The molecule has 0 spiro atoms. The Kier molecular flexibility index (Phi) is 6.31. The summed E-state index contributed by atoms with van der Waals surface area (Å²) < 4.78 is 0. The van der Waals surface area contributed by atoms with Gasteiger partial charge in [0, 0.05) is 25.8 Å². The first-order valence-electron chi connectivity index (χ1n) is 8.38. The van der Waals surface area contributed by atoms with E-state index in [1.807, 2.05) is 0 Å². The SMILES string of the molecule is CCCCC1CC(C=Cc2ccc(N(C)C)cc2)CCN1. The Morgan fingerprint density at radius 3 is 2.67 bits per heavy atom. The lowest BCUT2D eigenvalue weighted by Gasteiger charge is -2.28. The summed E-state index contributed by atoms with van der Waals surface area (Å²) in [5.74, 6) is 0.738. The Hall–Kier alpha value is -1.28. The summed E-state index contributed by atoms with van der Waals surface area (Å²) in [5.41, 5.74) is 2.57. The molecule has 21 heavy (non-hydrogen) atoms. The Morgan fingerprint density at radius 2 is 2.00 bits per heavy atom. The van der Waals surface area contributed by atoms with Crippen LogP contribution in [0.5, 0.6) is 0 Å². The van der Waals surface area contributed by atoms with E-state index >= 15 is 0 Å². The minimum absolute atomic E-state index is 0.726. The van der Waals surface area contributed by atoms with Crippen molar-refractivity contribution in [3.63, 3.8) is 0 Å². The van der Waals surface area contributed by atoms with Crippen molar-refractivity contribution in [3.8, 4) is 0 Å². The molecule has 116 valence electrons. The number of hydrogen-bond acceptors (Lipinski definition) is 2. The first-order chi connectivity index (χ1) is 10.2. The number of piperidine rings is 1. The van der Waals surface area contributed by atoms with Crippen molar-refractivity contribution < 1.29 is 0 Å². The number of nitrogens with zero attached hydrogens (tertiary/aromatic N) is 1. The van der Waals surface area contributed by atoms with Crippen molar-refractivity contribution in [2.45, 2.75) is 45.1 Å². The molecule has 1 aromatic rings. The minimum Gasteiger partial charge on any atom is -0.378 e. The third-order valence-electron chi connectivity index (χ3n) is 4.41. The number of nitrogens with one attached hydrogen (secondary N) is 1. The highest BCUT2D eigenvalue weighted by molar-refractivity contribution is 5.55. The van der Waals surface area contributed by atoms with Crippen molar-refractivity contribution >= 4 is 11.8 Å². The molecule has 0 aromatic heterocycles. The topological polar surface area (TPSA) is 15.3 Å². The number of rotatable bonds is 6. The van der Waals surface area contributed by atoms with Gasteiger partial charge < -0.3 is 10.2 Å². The third-order valence-corrected chi connectivity index (χ3v) is 4.41. The van der Waals surface area contributed by atoms with Crippen molar-refractivity contribution in [2.75, 3.05) is 25.5 Å². The highest BCUT2D eigenvalue weighted by Gasteiger charge is 2.18. The zero-order valence-electron chi connectivity index (χ0n) is 13.8. The Bertz CT molecular complexity index is 433. The fourth-order valence-corrected chi connectivity index (χ4v) is 3.02. The molecule has 2 heteroatoms. The molecule has 1 aromatic carbocycles. The van der Waals surface area contributed by atoms with Crippen molar-refractivity contribution in [2.24, 2.45) is 5.92 Å². The minimum atomic E-state index is 0.726. The number of hydrogen-bond donors (Lipinski definition) is 1. The van der Waals surface area contributed by atoms with Crippen LogP contribution in [0.15, 0.2) is 30.3 Å². The van der Waals surface area contributed by atoms with Crippen LogP contribution < -0.4 is 10.2 Å². The summed E-state index contributed by atoms with van der Waals surface area (Å²) in [7, 11) is 4.16. The maximum absolute atomic E-state index is 3.66. The van der Waals surface area contributed by atoms with E-state index in [0.717, 1.165) is 12.0 Å². The highest BCUT2D eigenvalue weighted by atomic mass is 15.1. The van der Waals surface area contributed by atoms with Gasteiger partial charge in [0.15, 0.2) is 0 Å². The van der Waals surface area contributed by atoms with Crippen LogP contribution in [0.3, 0.4) is 0 Å². The average Bonchev–Trinajstić information content (AvgIpc) is 2.52. The summed E-state index contributed by atoms with van der Waals surface area (Å²) in [6, 6.07) is 9.52. The zero-order valence-corrected chi connectivity index (χ0v) is 13.8. The number of unbranched alkanes of at least 4 members (excludes halogenated alkanes) is 1. The van der Waals surface area contributed by atoms with Gasteiger partial charge in [-0.05, 0) is 49.4 Å². The molecule has 2 atom stereocenters. The van der Waals surface area contributed by atoms with Gasteiger partial charge in [0.25, 0.3) is 0 Å². The van der Waals surface area contributed by atoms with Crippen LogP contribution in [0.25, 0.3) is 6.08 Å². The van der Waals surface area contributed by atoms with Gasteiger partial charge in [-0.1, -0.05) is 44.1 Å². The van der Waals surface area contributed by atoms with Gasteiger partial charge in [-0.3, -0.25) is 0 Å². The molecule has 1 aliphatic rings. The monoisotopic (exact) mass is 286 g/mol. The largest absolute Gasteiger partial charge is 0.378 e. The van der Waals surface area contributed by atoms with E-state index in [-0.39, 0.29) is 0 Å². The van der Waals surface area contributed by atoms with Gasteiger partial charge in [0.05, 0.1) is 0 Å². The summed E-state index contributed by atoms with van der Waals surface area (Å²) in [6.45, 7) is 3.44. The zero-order chi connectivity index (χ0) is 15.1. The molecule has 2 rings (SSSR count). The van der Waals surface area contributed by atoms with Crippen LogP contribution in [-0.4, -0.2) is 26.7 Å². The molecule has 1 saturated heterocycles. The van der Waals surface area contributed by atoms with Crippen LogP contribution in [-0.2, 0) is 0 Å². The van der Waals surface area contributed by atoms with Crippen LogP contribution in [0.1, 0.15) is 44.6 Å². The first kappa shape index (κ1) is 16.1. The van der Waals surface area contributed by atoms with Gasteiger partial charge in [0.2, 0.25) is 0 Å².